The van der Waals surface area contributed by atoms with Crippen molar-refractivity contribution < 1.29 is 27.8 Å². The molecule has 30 heavy (non-hydrogen) atoms. The lowest BCUT2D eigenvalue weighted by molar-refractivity contribution is -0.138. The molecular formula is C22H24F2N2O4. The number of ether oxygens (including phenoxy) is 2. The molecule has 3 rings (SSSR count). The Morgan fingerprint density at radius 2 is 1.90 bits per heavy atom. The van der Waals surface area contributed by atoms with Gasteiger partial charge in [0, 0.05) is 13.1 Å². The summed E-state index contributed by atoms with van der Waals surface area (Å²) < 4.78 is 34.6. The highest BCUT2D eigenvalue weighted by molar-refractivity contribution is 5.89. The largest absolute Gasteiger partial charge is 0.493 e. The molecule has 2 amide bonds. The summed E-state index contributed by atoms with van der Waals surface area (Å²) in [7, 11) is 1.36. The van der Waals surface area contributed by atoms with Gasteiger partial charge in [-0.25, -0.2) is 0 Å². The third-order valence-electron chi connectivity index (χ3n) is 4.98. The van der Waals surface area contributed by atoms with Gasteiger partial charge in [-0.3, -0.25) is 9.59 Å². The van der Waals surface area contributed by atoms with Crippen LogP contribution >= 0.6 is 0 Å². The molecule has 1 atom stereocenters. The van der Waals surface area contributed by atoms with Gasteiger partial charge in [0.15, 0.2) is 11.5 Å². The Balaban J connectivity index is 1.60. The molecule has 0 spiro atoms. The zero-order valence-corrected chi connectivity index (χ0v) is 16.6. The molecule has 1 saturated heterocycles. The Morgan fingerprint density at radius 3 is 2.60 bits per heavy atom. The van der Waals surface area contributed by atoms with Crippen LogP contribution in [0.4, 0.5) is 8.78 Å². The SMILES string of the molecule is COc1ccc(CNC(=O)C2CCCN2C(=O)Cc2ccccc2)cc1OC(F)F. The van der Waals surface area contributed by atoms with E-state index in [0.717, 1.165) is 12.0 Å². The Kier molecular flexibility index (Phi) is 7.21. The summed E-state index contributed by atoms with van der Waals surface area (Å²) in [6, 6.07) is 13.4. The summed E-state index contributed by atoms with van der Waals surface area (Å²) >= 11 is 0. The minimum absolute atomic E-state index is 0.0871. The van der Waals surface area contributed by atoms with Gasteiger partial charge in [-0.2, -0.15) is 8.78 Å². The fourth-order valence-corrected chi connectivity index (χ4v) is 3.54. The molecule has 1 heterocycles. The van der Waals surface area contributed by atoms with Gasteiger partial charge in [-0.05, 0) is 36.1 Å². The minimum Gasteiger partial charge on any atom is -0.493 e. The van der Waals surface area contributed by atoms with E-state index in [4.69, 9.17) is 4.74 Å². The lowest BCUT2D eigenvalue weighted by atomic mass is 10.1. The first kappa shape index (κ1) is 21.5. The number of amides is 2. The number of likely N-dealkylation sites (tertiary alicyclic amines) is 1. The predicted octanol–water partition coefficient (Wildman–Crippen LogP) is 3.15. The van der Waals surface area contributed by atoms with Gasteiger partial charge in [0.25, 0.3) is 0 Å². The van der Waals surface area contributed by atoms with Crippen LogP contribution < -0.4 is 14.8 Å². The van der Waals surface area contributed by atoms with Crippen LogP contribution in [0.3, 0.4) is 0 Å². The number of methoxy groups -OCH3 is 1. The highest BCUT2D eigenvalue weighted by Gasteiger charge is 2.33. The van der Waals surface area contributed by atoms with Gasteiger partial charge in [0.1, 0.15) is 6.04 Å². The molecule has 6 nitrogen and oxygen atoms in total. The molecular weight excluding hydrogens is 394 g/mol. The number of nitrogens with zero attached hydrogens (tertiary/aromatic N) is 1. The number of nitrogens with one attached hydrogen (secondary N) is 1. The summed E-state index contributed by atoms with van der Waals surface area (Å²) in [5.74, 6) is -0.268. The van der Waals surface area contributed by atoms with Crippen LogP contribution in [0.2, 0.25) is 0 Å². The molecule has 0 bridgehead atoms. The van der Waals surface area contributed by atoms with E-state index in [-0.39, 0.29) is 36.3 Å². The second kappa shape index (κ2) is 10.0. The van der Waals surface area contributed by atoms with Crippen molar-refractivity contribution in [3.63, 3.8) is 0 Å². The van der Waals surface area contributed by atoms with E-state index in [9.17, 15) is 18.4 Å². The Morgan fingerprint density at radius 1 is 1.13 bits per heavy atom. The van der Waals surface area contributed by atoms with Gasteiger partial charge in [0.05, 0.1) is 13.5 Å². The van der Waals surface area contributed by atoms with Crippen molar-refractivity contribution in [3.8, 4) is 11.5 Å². The number of benzene rings is 2. The topological polar surface area (TPSA) is 67.9 Å². The standard InChI is InChI=1S/C22H24F2N2O4/c1-29-18-10-9-16(12-19(18)30-22(23)24)14-25-21(28)17-8-5-11-26(17)20(27)13-15-6-3-2-4-7-15/h2-4,6-7,9-10,12,17,22H,5,8,11,13-14H2,1H3,(H,25,28). The number of alkyl halides is 2. The van der Waals surface area contributed by atoms with Crippen molar-refractivity contribution in [2.45, 2.75) is 38.5 Å². The van der Waals surface area contributed by atoms with Crippen molar-refractivity contribution in [2.24, 2.45) is 0 Å². The van der Waals surface area contributed by atoms with Gasteiger partial charge in [0.2, 0.25) is 11.8 Å². The second-order valence-electron chi connectivity index (χ2n) is 6.99. The Hall–Kier alpha value is -3.16. The van der Waals surface area contributed by atoms with Crippen LogP contribution in [0.1, 0.15) is 24.0 Å². The molecule has 0 aliphatic carbocycles. The summed E-state index contributed by atoms with van der Waals surface area (Å²) in [6.45, 7) is -2.32. The fraction of sp³-hybridized carbons (Fsp3) is 0.364. The Labute approximate surface area is 173 Å². The average Bonchev–Trinajstić information content (AvgIpc) is 3.23. The lowest BCUT2D eigenvalue weighted by Crippen LogP contribution is -2.46. The molecule has 2 aromatic carbocycles. The summed E-state index contributed by atoms with van der Waals surface area (Å²) in [5.41, 5.74) is 1.48. The Bertz CT molecular complexity index is 877. The third kappa shape index (κ3) is 5.46. The van der Waals surface area contributed by atoms with Crippen LogP contribution in [0.15, 0.2) is 48.5 Å². The summed E-state index contributed by atoms with van der Waals surface area (Å²) in [5, 5.41) is 2.79. The van der Waals surface area contributed by atoms with E-state index in [1.165, 1.54) is 19.2 Å². The average molecular weight is 418 g/mol. The fourth-order valence-electron chi connectivity index (χ4n) is 3.54. The zero-order valence-electron chi connectivity index (χ0n) is 16.6. The molecule has 0 saturated carbocycles. The van der Waals surface area contributed by atoms with E-state index in [0.29, 0.717) is 18.5 Å². The highest BCUT2D eigenvalue weighted by Crippen LogP contribution is 2.29. The van der Waals surface area contributed by atoms with Crippen molar-refractivity contribution in [1.82, 2.24) is 10.2 Å². The van der Waals surface area contributed by atoms with E-state index >= 15 is 0 Å². The van der Waals surface area contributed by atoms with E-state index < -0.39 is 12.7 Å². The van der Waals surface area contributed by atoms with E-state index in [2.05, 4.69) is 10.1 Å². The van der Waals surface area contributed by atoms with E-state index in [1.54, 1.807) is 11.0 Å². The molecule has 8 heteroatoms. The van der Waals surface area contributed by atoms with Gasteiger partial charge < -0.3 is 19.7 Å². The number of rotatable bonds is 8. The van der Waals surface area contributed by atoms with Crippen molar-refractivity contribution >= 4 is 11.8 Å². The molecule has 1 fully saturated rings. The first-order valence-electron chi connectivity index (χ1n) is 9.70. The summed E-state index contributed by atoms with van der Waals surface area (Å²) in [4.78, 5) is 27.0. The van der Waals surface area contributed by atoms with Crippen molar-refractivity contribution in [3.05, 3.63) is 59.7 Å². The summed E-state index contributed by atoms with van der Waals surface area (Å²) in [6.07, 6.45) is 1.60. The van der Waals surface area contributed by atoms with Gasteiger partial charge in [-0.1, -0.05) is 36.4 Å². The number of carbonyl (C=O) groups is 2. The normalized spacial score (nSPS) is 15.9. The molecule has 1 aliphatic rings. The second-order valence-corrected chi connectivity index (χ2v) is 6.99. The van der Waals surface area contributed by atoms with Crippen LogP contribution in [0.5, 0.6) is 11.5 Å². The molecule has 1 unspecified atom stereocenters. The van der Waals surface area contributed by atoms with E-state index in [1.807, 2.05) is 30.3 Å². The predicted molar refractivity (Wildman–Crippen MR) is 106 cm³/mol. The smallest absolute Gasteiger partial charge is 0.387 e. The van der Waals surface area contributed by atoms with Crippen molar-refractivity contribution in [1.29, 1.82) is 0 Å². The molecule has 0 aromatic heterocycles. The highest BCUT2D eigenvalue weighted by atomic mass is 19.3. The lowest BCUT2D eigenvalue weighted by Gasteiger charge is -2.24. The number of hydrogen-bond acceptors (Lipinski definition) is 4. The molecule has 160 valence electrons. The maximum Gasteiger partial charge on any atom is 0.387 e. The molecule has 1 aliphatic heterocycles. The van der Waals surface area contributed by atoms with Gasteiger partial charge in [-0.15, -0.1) is 0 Å². The number of carbonyl (C=O) groups excluding carboxylic acids is 2. The van der Waals surface area contributed by atoms with Crippen LogP contribution in [0, 0.1) is 0 Å². The number of hydrogen-bond donors (Lipinski definition) is 1. The monoisotopic (exact) mass is 418 g/mol. The van der Waals surface area contributed by atoms with Crippen molar-refractivity contribution in [2.75, 3.05) is 13.7 Å². The van der Waals surface area contributed by atoms with Crippen LogP contribution in [-0.2, 0) is 22.6 Å². The van der Waals surface area contributed by atoms with Gasteiger partial charge >= 0.3 is 6.61 Å². The number of halogens is 2. The maximum atomic E-state index is 12.7. The first-order valence-corrected chi connectivity index (χ1v) is 9.70. The first-order chi connectivity index (χ1) is 14.5. The molecule has 0 radical (unpaired) electrons. The maximum absolute atomic E-state index is 12.7. The minimum atomic E-state index is -2.98. The third-order valence-corrected chi connectivity index (χ3v) is 4.98. The molecule has 2 aromatic rings. The molecule has 1 N–H and O–H groups in total. The zero-order chi connectivity index (χ0) is 21.5. The quantitative estimate of drug-likeness (QED) is 0.715. The van der Waals surface area contributed by atoms with Crippen LogP contribution in [-0.4, -0.2) is 43.0 Å². The van der Waals surface area contributed by atoms with Crippen LogP contribution in [0.25, 0.3) is 0 Å².